The smallest absolute Gasteiger partial charge is 0.407 e. The second kappa shape index (κ2) is 17.0. The quantitative estimate of drug-likeness (QED) is 0.102. The first-order valence-corrected chi connectivity index (χ1v) is 18.2. The summed E-state index contributed by atoms with van der Waals surface area (Å²) in [6.07, 6.45) is 5.32. The number of hydrogen-bond acceptors (Lipinski definition) is 10. The largest absolute Gasteiger partial charge is 0.453 e. The van der Waals surface area contributed by atoms with E-state index in [4.69, 9.17) is 15.2 Å². The fraction of sp³-hybridized carbons (Fsp3) is 0.220. The van der Waals surface area contributed by atoms with Crippen LogP contribution >= 0.6 is 0 Å². The summed E-state index contributed by atoms with van der Waals surface area (Å²) in [4.78, 5) is 77.1. The fourth-order valence-corrected chi connectivity index (χ4v) is 6.73. The molecule has 57 heavy (non-hydrogen) atoms. The van der Waals surface area contributed by atoms with E-state index in [1.165, 1.54) is 7.11 Å². The molecule has 16 heteroatoms. The number of carbonyl (C=O) groups excluding carboxylic acids is 4. The van der Waals surface area contributed by atoms with E-state index in [0.29, 0.717) is 52.8 Å². The topological polar surface area (TPSA) is 223 Å². The zero-order valence-electron chi connectivity index (χ0n) is 31.1. The molecule has 290 valence electrons. The maximum Gasteiger partial charge on any atom is 0.407 e. The van der Waals surface area contributed by atoms with Crippen molar-refractivity contribution >= 4 is 24.0 Å². The molecule has 1 aliphatic rings. The number of likely N-dealkylation sites (tertiary alicyclic amines) is 1. The first kappa shape index (κ1) is 37.9. The minimum absolute atomic E-state index is 0.345. The summed E-state index contributed by atoms with van der Waals surface area (Å²) in [5.41, 5.74) is 10.3. The van der Waals surface area contributed by atoms with Crippen LogP contribution in [0.25, 0.3) is 33.9 Å². The number of hydrogen-bond donors (Lipinski definition) is 5. The molecule has 7 rings (SSSR count). The third kappa shape index (κ3) is 8.64. The molecule has 0 spiro atoms. The first-order valence-electron chi connectivity index (χ1n) is 18.2. The molecule has 1 aliphatic heterocycles. The molecule has 0 saturated carbocycles. The number of primary amides is 1. The summed E-state index contributed by atoms with van der Waals surface area (Å²) in [5.74, 6) is 0.878. The van der Waals surface area contributed by atoms with E-state index >= 15 is 0 Å². The van der Waals surface area contributed by atoms with Crippen molar-refractivity contribution in [3.63, 3.8) is 0 Å². The van der Waals surface area contributed by atoms with E-state index in [1.54, 1.807) is 85.1 Å². The molecule has 3 aromatic heterocycles. The van der Waals surface area contributed by atoms with E-state index < -0.39 is 36.3 Å². The van der Waals surface area contributed by atoms with Gasteiger partial charge in [0.15, 0.2) is 5.82 Å². The number of methoxy groups -OCH3 is 1. The van der Waals surface area contributed by atoms with E-state index in [2.05, 4.69) is 40.5 Å². The number of carbonyl (C=O) groups is 4. The highest BCUT2D eigenvalue weighted by molar-refractivity contribution is 5.87. The zero-order valence-corrected chi connectivity index (χ0v) is 31.1. The number of aromatic nitrogens is 6. The predicted octanol–water partition coefficient (Wildman–Crippen LogP) is 5.70. The lowest BCUT2D eigenvalue weighted by atomic mass is 10.1. The van der Waals surface area contributed by atoms with Gasteiger partial charge in [-0.05, 0) is 30.9 Å². The van der Waals surface area contributed by atoms with Crippen LogP contribution in [-0.4, -0.2) is 72.5 Å². The number of H-pyrrole nitrogens is 2. The van der Waals surface area contributed by atoms with Crippen molar-refractivity contribution in [2.24, 2.45) is 5.73 Å². The van der Waals surface area contributed by atoms with Crippen molar-refractivity contribution in [3.05, 3.63) is 132 Å². The Hall–Kier alpha value is -7.36. The van der Waals surface area contributed by atoms with E-state index in [0.717, 1.165) is 23.2 Å². The number of aromatic amines is 2. The van der Waals surface area contributed by atoms with Gasteiger partial charge in [0.1, 0.15) is 17.7 Å². The molecule has 0 bridgehead atoms. The van der Waals surface area contributed by atoms with Gasteiger partial charge < -0.3 is 40.7 Å². The Bertz CT molecular complexity index is 2330. The molecule has 6 N–H and O–H groups in total. The Morgan fingerprint density at radius 3 is 2.07 bits per heavy atom. The van der Waals surface area contributed by atoms with Gasteiger partial charge in [-0.15, -0.1) is 0 Å². The number of alkyl carbamates (subject to hydrolysis) is 1. The summed E-state index contributed by atoms with van der Waals surface area (Å²) in [6, 6.07) is 23.5. The van der Waals surface area contributed by atoms with Crippen molar-refractivity contribution in [2.75, 3.05) is 13.7 Å². The minimum atomic E-state index is -1.16. The van der Waals surface area contributed by atoms with Crippen LogP contribution in [0.5, 0.6) is 0 Å². The van der Waals surface area contributed by atoms with Gasteiger partial charge in [-0.1, -0.05) is 84.9 Å². The lowest BCUT2D eigenvalue weighted by Crippen LogP contribution is -2.41. The van der Waals surface area contributed by atoms with Gasteiger partial charge in [-0.25, -0.2) is 29.5 Å². The number of benzene rings is 3. The fourth-order valence-electron chi connectivity index (χ4n) is 6.73. The molecule has 0 aliphatic carbocycles. The van der Waals surface area contributed by atoms with Crippen LogP contribution in [0.3, 0.4) is 0 Å². The van der Waals surface area contributed by atoms with Gasteiger partial charge in [0.2, 0.25) is 12.0 Å². The van der Waals surface area contributed by atoms with Crippen molar-refractivity contribution < 1.29 is 28.7 Å². The molecule has 0 radical (unpaired) electrons. The van der Waals surface area contributed by atoms with Gasteiger partial charge >= 0.3 is 12.2 Å². The first-order chi connectivity index (χ1) is 27.7. The molecule has 4 heterocycles. The highest BCUT2D eigenvalue weighted by atomic mass is 16.6. The van der Waals surface area contributed by atoms with Gasteiger partial charge in [-0.3, -0.25) is 9.59 Å². The lowest BCUT2D eigenvalue weighted by molar-refractivity contribution is -0.141. The molecule has 3 aromatic carbocycles. The highest BCUT2D eigenvalue weighted by Gasteiger charge is 2.38. The van der Waals surface area contributed by atoms with Crippen molar-refractivity contribution in [1.29, 1.82) is 0 Å². The monoisotopic (exact) mass is 768 g/mol. The lowest BCUT2D eigenvalue weighted by Gasteiger charge is -2.27. The SMILES string of the molecule is COC(=O)NC(C(=O)NC(C)c1ncc(-c2ccc(-c3ncc(-c4cnc([C@@H]5CCCN5C(=O)[C@H](OC(N)=O)c5ccccc5)[nH]4)cn3)cc2)[nH]1)c1ccccc1. The minimum Gasteiger partial charge on any atom is -0.453 e. The van der Waals surface area contributed by atoms with Crippen LogP contribution in [-0.2, 0) is 19.1 Å². The van der Waals surface area contributed by atoms with Crippen LogP contribution in [0.1, 0.15) is 66.8 Å². The summed E-state index contributed by atoms with van der Waals surface area (Å²) >= 11 is 0. The zero-order chi connectivity index (χ0) is 39.9. The van der Waals surface area contributed by atoms with Gasteiger partial charge in [0.25, 0.3) is 5.91 Å². The number of nitrogens with two attached hydrogens (primary N) is 1. The molecule has 6 aromatic rings. The predicted molar refractivity (Wildman–Crippen MR) is 207 cm³/mol. The second-order valence-corrected chi connectivity index (χ2v) is 13.4. The third-order valence-electron chi connectivity index (χ3n) is 9.63. The average molecular weight is 769 g/mol. The molecule has 2 unspecified atom stereocenters. The summed E-state index contributed by atoms with van der Waals surface area (Å²) < 4.78 is 9.99. The van der Waals surface area contributed by atoms with E-state index in [9.17, 15) is 19.2 Å². The van der Waals surface area contributed by atoms with E-state index in [1.807, 2.05) is 36.4 Å². The molecule has 4 amide bonds. The Morgan fingerprint density at radius 1 is 0.772 bits per heavy atom. The molecular weight excluding hydrogens is 729 g/mol. The number of imidazole rings is 2. The Balaban J connectivity index is 0.990. The molecular formula is C41H40N10O6. The Morgan fingerprint density at radius 2 is 1.40 bits per heavy atom. The summed E-state index contributed by atoms with van der Waals surface area (Å²) in [7, 11) is 1.24. The average Bonchev–Trinajstić information content (AvgIpc) is 4.04. The maximum absolute atomic E-state index is 13.7. The van der Waals surface area contributed by atoms with Crippen LogP contribution in [0, 0.1) is 0 Å². The molecule has 1 saturated heterocycles. The van der Waals surface area contributed by atoms with Gasteiger partial charge in [-0.2, -0.15) is 0 Å². The maximum atomic E-state index is 13.7. The number of nitrogens with one attached hydrogen (secondary N) is 4. The Labute approximate surface area is 327 Å². The van der Waals surface area contributed by atoms with Crippen molar-refractivity contribution in [3.8, 4) is 33.9 Å². The molecule has 1 fully saturated rings. The second-order valence-electron chi connectivity index (χ2n) is 13.4. The standard InChI is InChI=1S/C41H40N10O6/c1-24(47-38(52)33(50-41(55)56-2)26-10-5-3-6-11-26)35-45-22-30(48-35)25-15-17-28(18-16-25)36-43-20-29(21-44-36)31-23-46-37(49-31)32-14-9-19-51(32)39(53)34(57-40(42)54)27-12-7-4-8-13-27/h3-8,10-13,15-18,20-24,32-34H,9,14,19H2,1-2H3,(H2,42,54)(H,45,48)(H,46,49)(H,47,52)(H,50,55)/t24?,32-,33?,34+/m0/s1. The number of amides is 4. The Kier molecular flexibility index (Phi) is 11.3. The van der Waals surface area contributed by atoms with E-state index in [-0.39, 0.29) is 11.9 Å². The number of ether oxygens (including phenoxy) is 2. The van der Waals surface area contributed by atoms with Crippen LogP contribution in [0.4, 0.5) is 9.59 Å². The summed E-state index contributed by atoms with van der Waals surface area (Å²) in [5, 5.41) is 5.50. The number of rotatable bonds is 12. The molecule has 16 nitrogen and oxygen atoms in total. The normalized spacial score (nSPS) is 15.3. The van der Waals surface area contributed by atoms with Crippen molar-refractivity contribution in [2.45, 2.75) is 44.0 Å². The van der Waals surface area contributed by atoms with Crippen LogP contribution < -0.4 is 16.4 Å². The van der Waals surface area contributed by atoms with Gasteiger partial charge in [0, 0.05) is 35.6 Å². The summed E-state index contributed by atoms with van der Waals surface area (Å²) in [6.45, 7) is 2.28. The highest BCUT2D eigenvalue weighted by Crippen LogP contribution is 2.35. The third-order valence-corrected chi connectivity index (χ3v) is 9.63. The van der Waals surface area contributed by atoms with Crippen LogP contribution in [0.15, 0.2) is 110 Å². The number of nitrogens with zero attached hydrogens (tertiary/aromatic N) is 5. The molecule has 4 atom stereocenters. The van der Waals surface area contributed by atoms with Gasteiger partial charge in [0.05, 0.1) is 43.0 Å². The van der Waals surface area contributed by atoms with Crippen LogP contribution in [0.2, 0.25) is 0 Å². The van der Waals surface area contributed by atoms with Crippen molar-refractivity contribution in [1.82, 2.24) is 45.4 Å².